The average molecular weight is 300 g/mol. The van der Waals surface area contributed by atoms with Gasteiger partial charge in [-0.25, -0.2) is 4.39 Å². The number of imidazole rings is 1. The van der Waals surface area contributed by atoms with Gasteiger partial charge in [-0.15, -0.1) is 0 Å². The Morgan fingerprint density at radius 2 is 2.00 bits per heavy atom. The summed E-state index contributed by atoms with van der Waals surface area (Å²) < 4.78 is 16.3. The fraction of sp³-hybridized carbons (Fsp3) is 0.235. The highest BCUT2D eigenvalue weighted by Crippen LogP contribution is 2.19. The van der Waals surface area contributed by atoms with Crippen molar-refractivity contribution in [3.05, 3.63) is 63.7 Å². The molecule has 0 aliphatic rings. The minimum Gasteiger partial charge on any atom is -0.330 e. The first-order valence-corrected chi connectivity index (χ1v) is 7.39. The van der Waals surface area contributed by atoms with Crippen LogP contribution in [0.2, 0.25) is 0 Å². The smallest absolute Gasteiger partial charge is 0.178 e. The second-order valence-electron chi connectivity index (χ2n) is 5.44. The van der Waals surface area contributed by atoms with Crippen molar-refractivity contribution in [1.82, 2.24) is 9.55 Å². The minimum absolute atomic E-state index is 0.204. The van der Waals surface area contributed by atoms with E-state index in [2.05, 4.69) is 36.2 Å². The summed E-state index contributed by atoms with van der Waals surface area (Å²) >= 11 is 5.37. The molecule has 4 heteroatoms. The third-order valence-electron chi connectivity index (χ3n) is 3.76. The Bertz CT molecular complexity index is 861. The van der Waals surface area contributed by atoms with Crippen LogP contribution in [-0.2, 0) is 13.0 Å². The minimum atomic E-state index is -0.204. The molecule has 0 atom stereocenters. The van der Waals surface area contributed by atoms with Crippen LogP contribution in [0, 0.1) is 24.4 Å². The van der Waals surface area contributed by atoms with E-state index in [1.807, 2.05) is 10.6 Å². The van der Waals surface area contributed by atoms with Crippen molar-refractivity contribution in [3.8, 4) is 0 Å². The number of H-pyrrole nitrogens is 1. The van der Waals surface area contributed by atoms with Crippen LogP contribution in [0.3, 0.4) is 0 Å². The molecule has 1 aromatic heterocycles. The lowest BCUT2D eigenvalue weighted by Crippen LogP contribution is -2.02. The van der Waals surface area contributed by atoms with E-state index in [9.17, 15) is 4.39 Å². The van der Waals surface area contributed by atoms with Crippen molar-refractivity contribution in [2.45, 2.75) is 26.8 Å². The van der Waals surface area contributed by atoms with Crippen LogP contribution in [0.1, 0.15) is 16.7 Å². The number of rotatable bonds is 3. The van der Waals surface area contributed by atoms with Gasteiger partial charge >= 0.3 is 0 Å². The second kappa shape index (κ2) is 5.45. The summed E-state index contributed by atoms with van der Waals surface area (Å²) in [4.78, 5) is 3.08. The molecule has 0 unspecified atom stereocenters. The van der Waals surface area contributed by atoms with Crippen molar-refractivity contribution in [2.24, 2.45) is 0 Å². The first-order chi connectivity index (χ1) is 10.0. The number of benzene rings is 2. The molecule has 0 aliphatic carbocycles. The SMILES string of the molecule is Cc1cccc(CCn2c(=S)[nH]c3cc(F)c(C)cc32)c1. The van der Waals surface area contributed by atoms with Crippen molar-refractivity contribution >= 4 is 23.3 Å². The summed E-state index contributed by atoms with van der Waals surface area (Å²) in [6.07, 6.45) is 0.902. The molecule has 0 spiro atoms. The highest BCUT2D eigenvalue weighted by atomic mass is 32.1. The predicted molar refractivity (Wildman–Crippen MR) is 86.7 cm³/mol. The number of hydrogen-bond acceptors (Lipinski definition) is 1. The topological polar surface area (TPSA) is 20.7 Å². The number of fused-ring (bicyclic) bond motifs is 1. The van der Waals surface area contributed by atoms with E-state index in [1.165, 1.54) is 17.2 Å². The van der Waals surface area contributed by atoms with Crippen LogP contribution in [0.25, 0.3) is 11.0 Å². The number of aromatic amines is 1. The Kier molecular flexibility index (Phi) is 3.64. The number of aromatic nitrogens is 2. The average Bonchev–Trinajstić information content (AvgIpc) is 2.72. The number of nitrogens with zero attached hydrogens (tertiary/aromatic N) is 1. The standard InChI is InChI=1S/C17H17FN2S/c1-11-4-3-5-13(8-11)6-7-20-16-9-12(2)14(18)10-15(16)19-17(20)21/h3-5,8-10H,6-7H2,1-2H3,(H,19,21). The van der Waals surface area contributed by atoms with Crippen molar-refractivity contribution in [2.75, 3.05) is 0 Å². The van der Waals surface area contributed by atoms with E-state index in [0.717, 1.165) is 24.0 Å². The van der Waals surface area contributed by atoms with Gasteiger partial charge in [0, 0.05) is 6.54 Å². The Morgan fingerprint density at radius 1 is 1.19 bits per heavy atom. The van der Waals surface area contributed by atoms with Crippen LogP contribution in [0.15, 0.2) is 36.4 Å². The third-order valence-corrected chi connectivity index (χ3v) is 4.08. The quantitative estimate of drug-likeness (QED) is 0.695. The van der Waals surface area contributed by atoms with Gasteiger partial charge in [0.05, 0.1) is 11.0 Å². The van der Waals surface area contributed by atoms with E-state index in [0.29, 0.717) is 10.3 Å². The van der Waals surface area contributed by atoms with Gasteiger partial charge in [0.25, 0.3) is 0 Å². The van der Waals surface area contributed by atoms with Crippen LogP contribution < -0.4 is 0 Å². The van der Waals surface area contributed by atoms with Gasteiger partial charge in [0.2, 0.25) is 0 Å². The zero-order valence-corrected chi connectivity index (χ0v) is 12.9. The molecule has 0 saturated carbocycles. The number of aryl methyl sites for hydroxylation is 4. The molecule has 0 saturated heterocycles. The fourth-order valence-corrected chi connectivity index (χ4v) is 2.91. The molecular weight excluding hydrogens is 283 g/mol. The number of nitrogens with one attached hydrogen (secondary N) is 1. The molecule has 0 bridgehead atoms. The van der Waals surface area contributed by atoms with Crippen molar-refractivity contribution in [3.63, 3.8) is 0 Å². The van der Waals surface area contributed by atoms with Gasteiger partial charge in [-0.2, -0.15) is 0 Å². The van der Waals surface area contributed by atoms with Gasteiger partial charge in [-0.05, 0) is 55.7 Å². The van der Waals surface area contributed by atoms with E-state index < -0.39 is 0 Å². The molecule has 0 fully saturated rings. The van der Waals surface area contributed by atoms with Crippen molar-refractivity contribution < 1.29 is 4.39 Å². The van der Waals surface area contributed by atoms with Crippen LogP contribution >= 0.6 is 12.2 Å². The summed E-state index contributed by atoms with van der Waals surface area (Å²) in [5.41, 5.74) is 4.90. The molecule has 1 N–H and O–H groups in total. The predicted octanol–water partition coefficient (Wildman–Crippen LogP) is 4.70. The maximum absolute atomic E-state index is 13.6. The fourth-order valence-electron chi connectivity index (χ4n) is 2.61. The third kappa shape index (κ3) is 2.76. The van der Waals surface area contributed by atoms with Crippen molar-refractivity contribution in [1.29, 1.82) is 0 Å². The van der Waals surface area contributed by atoms with Gasteiger partial charge in [0.15, 0.2) is 4.77 Å². The molecule has 0 amide bonds. The Labute approximate surface area is 128 Å². The molecular formula is C17H17FN2S. The number of hydrogen-bond donors (Lipinski definition) is 1. The summed E-state index contributed by atoms with van der Waals surface area (Å²) in [6.45, 7) is 4.65. The normalized spacial score (nSPS) is 11.2. The maximum Gasteiger partial charge on any atom is 0.178 e. The monoisotopic (exact) mass is 300 g/mol. The van der Waals surface area contributed by atoms with E-state index >= 15 is 0 Å². The summed E-state index contributed by atoms with van der Waals surface area (Å²) in [6, 6.07) is 11.8. The largest absolute Gasteiger partial charge is 0.330 e. The van der Waals surface area contributed by atoms with Crippen LogP contribution in [0.5, 0.6) is 0 Å². The van der Waals surface area contributed by atoms with Gasteiger partial charge in [-0.3, -0.25) is 0 Å². The highest BCUT2D eigenvalue weighted by molar-refractivity contribution is 7.71. The molecule has 21 heavy (non-hydrogen) atoms. The summed E-state index contributed by atoms with van der Waals surface area (Å²) in [5.74, 6) is -0.204. The summed E-state index contributed by atoms with van der Waals surface area (Å²) in [7, 11) is 0. The lowest BCUT2D eigenvalue weighted by Gasteiger charge is -2.06. The van der Waals surface area contributed by atoms with Gasteiger partial charge in [-0.1, -0.05) is 29.8 Å². The molecule has 108 valence electrons. The second-order valence-corrected chi connectivity index (χ2v) is 5.83. The molecule has 2 aromatic carbocycles. The van der Waals surface area contributed by atoms with E-state index in [1.54, 1.807) is 6.92 Å². The first-order valence-electron chi connectivity index (χ1n) is 6.99. The molecule has 0 radical (unpaired) electrons. The Balaban J connectivity index is 1.95. The van der Waals surface area contributed by atoms with E-state index in [4.69, 9.17) is 12.2 Å². The van der Waals surface area contributed by atoms with Crippen LogP contribution in [0.4, 0.5) is 4.39 Å². The zero-order chi connectivity index (χ0) is 15.0. The van der Waals surface area contributed by atoms with E-state index in [-0.39, 0.29) is 5.82 Å². The molecule has 1 heterocycles. The lowest BCUT2D eigenvalue weighted by molar-refractivity contribution is 0.620. The highest BCUT2D eigenvalue weighted by Gasteiger charge is 2.08. The zero-order valence-electron chi connectivity index (χ0n) is 12.1. The molecule has 0 aliphatic heterocycles. The summed E-state index contributed by atoms with van der Waals surface area (Å²) in [5, 5.41) is 0. The molecule has 3 rings (SSSR count). The van der Waals surface area contributed by atoms with Crippen LogP contribution in [-0.4, -0.2) is 9.55 Å². The molecule has 3 aromatic rings. The lowest BCUT2D eigenvalue weighted by atomic mass is 10.1. The van der Waals surface area contributed by atoms with Gasteiger partial charge < -0.3 is 9.55 Å². The Hall–Kier alpha value is -1.94. The maximum atomic E-state index is 13.6. The number of halogens is 1. The first kappa shape index (κ1) is 14.0. The van der Waals surface area contributed by atoms with Gasteiger partial charge in [0.1, 0.15) is 5.82 Å². The Morgan fingerprint density at radius 3 is 2.76 bits per heavy atom. The molecule has 2 nitrogen and oxygen atoms in total.